The normalized spacial score (nSPS) is 15.4. The molecule has 29 heavy (non-hydrogen) atoms. The van der Waals surface area contributed by atoms with E-state index in [1.165, 1.54) is 23.8 Å². The Morgan fingerprint density at radius 2 is 1.83 bits per heavy atom. The second-order valence-corrected chi connectivity index (χ2v) is 8.71. The topological polar surface area (TPSA) is 93.5 Å². The van der Waals surface area contributed by atoms with E-state index in [9.17, 15) is 8.42 Å². The number of hydrogen-bond acceptors (Lipinski definition) is 7. The molecule has 3 aromatic rings. The van der Waals surface area contributed by atoms with E-state index in [0.29, 0.717) is 37.0 Å². The highest BCUT2D eigenvalue weighted by Gasteiger charge is 2.31. The third kappa shape index (κ3) is 3.91. The average Bonchev–Trinajstić information content (AvgIpc) is 3.29. The van der Waals surface area contributed by atoms with Gasteiger partial charge in [-0.1, -0.05) is 11.6 Å². The molecule has 1 aliphatic heterocycles. The number of rotatable bonds is 5. The summed E-state index contributed by atoms with van der Waals surface area (Å²) in [5.74, 6) is 1.65. The van der Waals surface area contributed by atoms with Gasteiger partial charge in [0.1, 0.15) is 22.8 Å². The van der Waals surface area contributed by atoms with Gasteiger partial charge in [0.25, 0.3) is 0 Å². The fourth-order valence-electron chi connectivity index (χ4n) is 3.19. The molecular formula is C18H19ClN6O3S. The van der Waals surface area contributed by atoms with Gasteiger partial charge in [-0.25, -0.2) is 23.1 Å². The third-order valence-electron chi connectivity index (χ3n) is 4.68. The SMILES string of the molecule is COc1ccc(Cl)cc1S(=O)(=O)N1CCN(c2cc(-n3cccn3)ncn2)CC1. The van der Waals surface area contributed by atoms with Crippen LogP contribution in [0.15, 0.2) is 53.9 Å². The summed E-state index contributed by atoms with van der Waals surface area (Å²) in [7, 11) is -2.29. The monoisotopic (exact) mass is 434 g/mol. The van der Waals surface area contributed by atoms with Gasteiger partial charge >= 0.3 is 0 Å². The van der Waals surface area contributed by atoms with Gasteiger partial charge in [-0.05, 0) is 24.3 Å². The van der Waals surface area contributed by atoms with E-state index in [0.717, 1.165) is 5.82 Å². The van der Waals surface area contributed by atoms with Crippen molar-refractivity contribution in [1.82, 2.24) is 24.1 Å². The fourth-order valence-corrected chi connectivity index (χ4v) is 5.03. The van der Waals surface area contributed by atoms with Gasteiger partial charge in [-0.15, -0.1) is 0 Å². The van der Waals surface area contributed by atoms with Crippen LogP contribution in [0.3, 0.4) is 0 Å². The van der Waals surface area contributed by atoms with Crippen LogP contribution in [0.1, 0.15) is 0 Å². The van der Waals surface area contributed by atoms with Crippen molar-refractivity contribution in [2.75, 3.05) is 38.2 Å². The van der Waals surface area contributed by atoms with Crippen molar-refractivity contribution in [2.45, 2.75) is 4.90 Å². The Morgan fingerprint density at radius 3 is 2.52 bits per heavy atom. The summed E-state index contributed by atoms with van der Waals surface area (Å²) in [5, 5.41) is 4.51. The molecule has 1 aromatic carbocycles. The van der Waals surface area contributed by atoms with Crippen molar-refractivity contribution in [1.29, 1.82) is 0 Å². The van der Waals surface area contributed by atoms with E-state index in [-0.39, 0.29) is 10.6 Å². The molecule has 2 aromatic heterocycles. The van der Waals surface area contributed by atoms with E-state index >= 15 is 0 Å². The lowest BCUT2D eigenvalue weighted by atomic mass is 10.3. The lowest BCUT2D eigenvalue weighted by Crippen LogP contribution is -2.49. The Balaban J connectivity index is 1.51. The number of nitrogens with zero attached hydrogens (tertiary/aromatic N) is 6. The predicted molar refractivity (Wildman–Crippen MR) is 108 cm³/mol. The van der Waals surface area contributed by atoms with E-state index < -0.39 is 10.0 Å². The molecule has 0 saturated carbocycles. The molecule has 152 valence electrons. The van der Waals surface area contributed by atoms with Crippen LogP contribution in [0.5, 0.6) is 5.75 Å². The largest absolute Gasteiger partial charge is 0.495 e. The molecule has 1 fully saturated rings. The minimum atomic E-state index is -3.73. The van der Waals surface area contributed by atoms with Crippen LogP contribution >= 0.6 is 11.6 Å². The first-order valence-corrected chi connectivity index (χ1v) is 10.7. The minimum absolute atomic E-state index is 0.0731. The van der Waals surface area contributed by atoms with Crippen molar-refractivity contribution >= 4 is 27.4 Å². The van der Waals surface area contributed by atoms with Crippen molar-refractivity contribution in [3.63, 3.8) is 0 Å². The van der Waals surface area contributed by atoms with Crippen LogP contribution in [-0.4, -0.2) is 65.8 Å². The first kappa shape index (κ1) is 19.6. The third-order valence-corrected chi connectivity index (χ3v) is 6.84. The molecule has 0 unspecified atom stereocenters. The summed E-state index contributed by atoms with van der Waals surface area (Å²) < 4.78 is 34.5. The molecule has 0 spiro atoms. The zero-order valence-electron chi connectivity index (χ0n) is 15.6. The number of anilines is 1. The molecule has 0 aliphatic carbocycles. The molecule has 0 amide bonds. The van der Waals surface area contributed by atoms with E-state index in [1.54, 1.807) is 29.2 Å². The van der Waals surface area contributed by atoms with Crippen molar-refractivity contribution < 1.29 is 13.2 Å². The van der Waals surface area contributed by atoms with Gasteiger partial charge in [-0.3, -0.25) is 0 Å². The van der Waals surface area contributed by atoms with Crippen molar-refractivity contribution in [3.8, 4) is 11.6 Å². The fraction of sp³-hybridized carbons (Fsp3) is 0.278. The summed E-state index contributed by atoms with van der Waals surface area (Å²) in [4.78, 5) is 10.7. The molecule has 11 heteroatoms. The highest BCUT2D eigenvalue weighted by atomic mass is 35.5. The lowest BCUT2D eigenvalue weighted by molar-refractivity contribution is 0.373. The maximum atomic E-state index is 13.1. The molecular weight excluding hydrogens is 416 g/mol. The molecule has 0 bridgehead atoms. The van der Waals surface area contributed by atoms with Crippen LogP contribution < -0.4 is 9.64 Å². The van der Waals surface area contributed by atoms with Gasteiger partial charge in [0.15, 0.2) is 5.82 Å². The Labute approximate surface area is 173 Å². The van der Waals surface area contributed by atoms with Gasteiger partial charge in [0.2, 0.25) is 10.0 Å². The minimum Gasteiger partial charge on any atom is -0.495 e. The zero-order chi connectivity index (χ0) is 20.4. The zero-order valence-corrected chi connectivity index (χ0v) is 17.2. The number of ether oxygens (including phenoxy) is 1. The number of methoxy groups -OCH3 is 1. The standard InChI is InChI=1S/C18H19ClN6O3S/c1-28-15-4-3-14(19)11-16(15)29(26,27)24-9-7-23(8-10-24)17-12-18(21-13-20-17)25-6-2-5-22-25/h2-6,11-13H,7-10H2,1H3. The van der Waals surface area contributed by atoms with E-state index in [2.05, 4.69) is 15.1 Å². The predicted octanol–water partition coefficient (Wildman–Crippen LogP) is 1.84. The summed E-state index contributed by atoms with van der Waals surface area (Å²) >= 11 is 6.01. The Kier molecular flexibility index (Phi) is 5.39. The molecule has 3 heterocycles. The summed E-state index contributed by atoms with van der Waals surface area (Å²) in [6.07, 6.45) is 4.96. The molecule has 1 saturated heterocycles. The molecule has 0 radical (unpaired) electrons. The molecule has 0 N–H and O–H groups in total. The van der Waals surface area contributed by atoms with E-state index in [1.807, 2.05) is 17.0 Å². The van der Waals surface area contributed by atoms with Gasteiger partial charge in [0.05, 0.1) is 7.11 Å². The average molecular weight is 435 g/mol. The number of halogens is 1. The first-order chi connectivity index (χ1) is 14.0. The van der Waals surface area contributed by atoms with Crippen molar-refractivity contribution in [3.05, 3.63) is 54.1 Å². The van der Waals surface area contributed by atoms with Gasteiger partial charge in [-0.2, -0.15) is 9.40 Å². The number of aromatic nitrogens is 4. The summed E-state index contributed by atoms with van der Waals surface area (Å²) in [6, 6.07) is 8.22. The maximum Gasteiger partial charge on any atom is 0.246 e. The Bertz CT molecular complexity index is 1100. The number of hydrogen-bond donors (Lipinski definition) is 0. The Hall–Kier alpha value is -2.69. The van der Waals surface area contributed by atoms with Crippen LogP contribution in [-0.2, 0) is 10.0 Å². The van der Waals surface area contributed by atoms with Crippen LogP contribution in [0.2, 0.25) is 5.02 Å². The summed E-state index contributed by atoms with van der Waals surface area (Å²) in [5.41, 5.74) is 0. The van der Waals surface area contributed by atoms with E-state index in [4.69, 9.17) is 16.3 Å². The second-order valence-electron chi connectivity index (χ2n) is 6.37. The highest BCUT2D eigenvalue weighted by molar-refractivity contribution is 7.89. The molecule has 0 atom stereocenters. The maximum absolute atomic E-state index is 13.1. The van der Waals surface area contributed by atoms with Crippen molar-refractivity contribution in [2.24, 2.45) is 0 Å². The van der Waals surface area contributed by atoms with Gasteiger partial charge < -0.3 is 9.64 Å². The number of benzene rings is 1. The van der Waals surface area contributed by atoms with Crippen LogP contribution in [0, 0.1) is 0 Å². The Morgan fingerprint density at radius 1 is 1.07 bits per heavy atom. The van der Waals surface area contributed by atoms with Crippen LogP contribution in [0.4, 0.5) is 5.82 Å². The van der Waals surface area contributed by atoms with Gasteiger partial charge in [0, 0.05) is 49.7 Å². The quantitative estimate of drug-likeness (QED) is 0.604. The second kappa shape index (κ2) is 7.97. The smallest absolute Gasteiger partial charge is 0.246 e. The molecule has 4 rings (SSSR count). The lowest BCUT2D eigenvalue weighted by Gasteiger charge is -2.34. The number of piperazine rings is 1. The summed E-state index contributed by atoms with van der Waals surface area (Å²) in [6.45, 7) is 1.63. The van der Waals surface area contributed by atoms with Crippen LogP contribution in [0.25, 0.3) is 5.82 Å². The number of sulfonamides is 1. The highest BCUT2D eigenvalue weighted by Crippen LogP contribution is 2.30. The first-order valence-electron chi connectivity index (χ1n) is 8.90. The molecule has 1 aliphatic rings. The molecule has 9 nitrogen and oxygen atoms in total.